The monoisotopic (exact) mass is 198 g/mol. The molecule has 1 rings (SSSR count). The van der Waals surface area contributed by atoms with Crippen molar-refractivity contribution in [3.63, 3.8) is 0 Å². The van der Waals surface area contributed by atoms with Crippen molar-refractivity contribution in [3.05, 3.63) is 16.6 Å². The Morgan fingerprint density at radius 1 is 1.85 bits per heavy atom. The highest BCUT2D eigenvalue weighted by molar-refractivity contribution is 7.07. The van der Waals surface area contributed by atoms with Crippen LogP contribution in [0.25, 0.3) is 0 Å². The predicted octanol–water partition coefficient (Wildman–Crippen LogP) is 0.475. The van der Waals surface area contributed by atoms with Crippen LogP contribution >= 0.6 is 11.3 Å². The standard InChI is InChI=1S/C7H6N2O3S/c10-3-8-6(7(11)12)1-5-2-13-4-9-5/h2,4,6H,1H2,(H,11,12). The van der Waals surface area contributed by atoms with E-state index in [4.69, 9.17) is 5.11 Å². The molecule has 68 valence electrons. The van der Waals surface area contributed by atoms with E-state index >= 15 is 0 Å². The number of carbonyl (C=O) groups excluding carboxylic acids is 1. The van der Waals surface area contributed by atoms with E-state index in [9.17, 15) is 9.59 Å². The number of rotatable bonds is 4. The number of isocyanates is 1. The molecule has 1 N–H and O–H groups in total. The van der Waals surface area contributed by atoms with Gasteiger partial charge in [0.15, 0.2) is 6.04 Å². The molecule has 1 unspecified atom stereocenters. The van der Waals surface area contributed by atoms with Crippen molar-refractivity contribution >= 4 is 23.4 Å². The van der Waals surface area contributed by atoms with Crippen LogP contribution in [0.5, 0.6) is 0 Å². The van der Waals surface area contributed by atoms with Gasteiger partial charge in [0.25, 0.3) is 0 Å². The number of nitrogens with zero attached hydrogens (tertiary/aromatic N) is 2. The molecule has 0 saturated carbocycles. The summed E-state index contributed by atoms with van der Waals surface area (Å²) in [5.41, 5.74) is 2.22. The lowest BCUT2D eigenvalue weighted by atomic mass is 10.2. The molecule has 0 amide bonds. The normalized spacial score (nSPS) is 11.7. The fourth-order valence-corrected chi connectivity index (χ4v) is 1.36. The number of aromatic nitrogens is 1. The van der Waals surface area contributed by atoms with Crippen LogP contribution in [0.1, 0.15) is 5.69 Å². The van der Waals surface area contributed by atoms with Gasteiger partial charge in [0.05, 0.1) is 11.2 Å². The summed E-state index contributed by atoms with van der Waals surface area (Å²) < 4.78 is 0. The summed E-state index contributed by atoms with van der Waals surface area (Å²) in [6, 6.07) is -1.07. The summed E-state index contributed by atoms with van der Waals surface area (Å²) >= 11 is 1.37. The molecule has 5 nitrogen and oxygen atoms in total. The van der Waals surface area contributed by atoms with E-state index < -0.39 is 12.0 Å². The van der Waals surface area contributed by atoms with Gasteiger partial charge in [-0.2, -0.15) is 4.99 Å². The Morgan fingerprint density at radius 3 is 3.08 bits per heavy atom. The maximum absolute atomic E-state index is 10.5. The Labute approximate surface area is 77.8 Å². The zero-order valence-corrected chi connectivity index (χ0v) is 7.32. The lowest BCUT2D eigenvalue weighted by Gasteiger charge is -2.00. The van der Waals surface area contributed by atoms with Crippen LogP contribution in [0.2, 0.25) is 0 Å². The minimum absolute atomic E-state index is 0.133. The van der Waals surface area contributed by atoms with Gasteiger partial charge in [0, 0.05) is 11.8 Å². The first-order chi connectivity index (χ1) is 6.24. The summed E-state index contributed by atoms with van der Waals surface area (Å²) in [5, 5.41) is 10.3. The molecule has 0 radical (unpaired) electrons. The number of thiazole rings is 1. The van der Waals surface area contributed by atoms with Gasteiger partial charge >= 0.3 is 5.97 Å². The second kappa shape index (κ2) is 4.49. The molecule has 1 aromatic rings. The zero-order valence-electron chi connectivity index (χ0n) is 6.51. The van der Waals surface area contributed by atoms with Gasteiger partial charge in [-0.3, -0.25) is 0 Å². The summed E-state index contributed by atoms with van der Waals surface area (Å²) in [7, 11) is 0. The number of hydrogen-bond donors (Lipinski definition) is 1. The number of aliphatic carboxylic acids is 1. The van der Waals surface area contributed by atoms with Crippen molar-refractivity contribution in [3.8, 4) is 0 Å². The van der Waals surface area contributed by atoms with Gasteiger partial charge in [-0.1, -0.05) is 0 Å². The number of aliphatic imine (C=N–C) groups is 1. The Bertz CT molecular complexity index is 328. The molecule has 0 aliphatic heterocycles. The third kappa shape index (κ3) is 2.77. The van der Waals surface area contributed by atoms with E-state index in [0.29, 0.717) is 5.69 Å². The van der Waals surface area contributed by atoms with Crippen molar-refractivity contribution in [1.82, 2.24) is 4.98 Å². The van der Waals surface area contributed by atoms with Crippen LogP contribution in [0, 0.1) is 0 Å². The molecular formula is C7H6N2O3S. The second-order valence-corrected chi connectivity index (χ2v) is 2.98. The molecule has 0 spiro atoms. The molecule has 0 aromatic carbocycles. The van der Waals surface area contributed by atoms with Crippen LogP contribution in [0.15, 0.2) is 15.9 Å². The largest absolute Gasteiger partial charge is 0.480 e. The van der Waals surface area contributed by atoms with Crippen LogP contribution in [-0.2, 0) is 16.0 Å². The van der Waals surface area contributed by atoms with Crippen LogP contribution in [0.3, 0.4) is 0 Å². The van der Waals surface area contributed by atoms with Crippen molar-refractivity contribution in [2.75, 3.05) is 0 Å². The molecule has 13 heavy (non-hydrogen) atoms. The highest BCUT2D eigenvalue weighted by atomic mass is 32.1. The maximum atomic E-state index is 10.5. The smallest absolute Gasteiger partial charge is 0.329 e. The molecule has 1 atom stereocenters. The summed E-state index contributed by atoms with van der Waals surface area (Å²) in [5.74, 6) is -1.14. The molecule has 1 aromatic heterocycles. The summed E-state index contributed by atoms with van der Waals surface area (Å²) in [6.07, 6.45) is 1.36. The number of carboxylic acid groups (broad SMARTS) is 1. The Kier molecular flexibility index (Phi) is 3.31. The average molecular weight is 198 g/mol. The van der Waals surface area contributed by atoms with Crippen molar-refractivity contribution in [2.24, 2.45) is 4.99 Å². The topological polar surface area (TPSA) is 79.6 Å². The third-order valence-corrected chi connectivity index (χ3v) is 2.01. The highest BCUT2D eigenvalue weighted by Gasteiger charge is 2.17. The summed E-state index contributed by atoms with van der Waals surface area (Å²) in [6.45, 7) is 0. The van der Waals surface area contributed by atoms with E-state index in [-0.39, 0.29) is 6.42 Å². The van der Waals surface area contributed by atoms with Crippen molar-refractivity contribution < 1.29 is 14.7 Å². The number of hydrogen-bond acceptors (Lipinski definition) is 5. The lowest BCUT2D eigenvalue weighted by molar-refractivity contribution is -0.138. The van der Waals surface area contributed by atoms with Gasteiger partial charge in [-0.05, 0) is 0 Å². The van der Waals surface area contributed by atoms with Crippen molar-refractivity contribution in [1.29, 1.82) is 0 Å². The second-order valence-electron chi connectivity index (χ2n) is 2.26. The molecule has 6 heteroatoms. The summed E-state index contributed by atoms with van der Waals surface area (Å²) in [4.78, 5) is 27.4. The molecule has 0 saturated heterocycles. The molecule has 1 heterocycles. The average Bonchev–Trinajstić information content (AvgIpc) is 2.56. The quantitative estimate of drug-likeness (QED) is 0.563. The van der Waals surface area contributed by atoms with Crippen LogP contribution in [-0.4, -0.2) is 28.2 Å². The van der Waals surface area contributed by atoms with Crippen LogP contribution in [0.4, 0.5) is 0 Å². The first-order valence-corrected chi connectivity index (χ1v) is 4.35. The SMILES string of the molecule is O=C=NC(Cc1cscn1)C(=O)O. The van der Waals surface area contributed by atoms with E-state index in [0.717, 1.165) is 0 Å². The van der Waals surface area contributed by atoms with Gasteiger partial charge in [-0.15, -0.1) is 11.3 Å². The number of carbonyl (C=O) groups is 1. The molecule has 0 bridgehead atoms. The van der Waals surface area contributed by atoms with Gasteiger partial charge in [0.2, 0.25) is 6.08 Å². The molecule has 0 aliphatic carbocycles. The van der Waals surface area contributed by atoms with Gasteiger partial charge in [0.1, 0.15) is 0 Å². The van der Waals surface area contributed by atoms with E-state index in [2.05, 4.69) is 9.98 Å². The Hall–Kier alpha value is -1.52. The maximum Gasteiger partial charge on any atom is 0.329 e. The minimum atomic E-state index is -1.14. The van der Waals surface area contributed by atoms with Gasteiger partial charge in [-0.25, -0.2) is 14.6 Å². The Morgan fingerprint density at radius 2 is 2.62 bits per heavy atom. The number of carboxylic acids is 1. The first kappa shape index (κ1) is 9.57. The minimum Gasteiger partial charge on any atom is -0.480 e. The fourth-order valence-electron chi connectivity index (χ4n) is 0.788. The molecule has 0 aliphatic rings. The van der Waals surface area contributed by atoms with E-state index in [1.54, 1.807) is 10.9 Å². The van der Waals surface area contributed by atoms with Crippen LogP contribution < -0.4 is 0 Å². The van der Waals surface area contributed by atoms with Crippen molar-refractivity contribution in [2.45, 2.75) is 12.5 Å². The fraction of sp³-hybridized carbons (Fsp3) is 0.286. The van der Waals surface area contributed by atoms with Gasteiger partial charge < -0.3 is 5.11 Å². The van der Waals surface area contributed by atoms with E-state index in [1.807, 2.05) is 0 Å². The van der Waals surface area contributed by atoms with E-state index in [1.165, 1.54) is 17.4 Å². The third-order valence-electron chi connectivity index (χ3n) is 1.38. The predicted molar refractivity (Wildman–Crippen MR) is 45.4 cm³/mol. The highest BCUT2D eigenvalue weighted by Crippen LogP contribution is 2.06. The lowest BCUT2D eigenvalue weighted by Crippen LogP contribution is -2.20. The first-order valence-electron chi connectivity index (χ1n) is 3.41. The Balaban J connectivity index is 2.68. The molecular weight excluding hydrogens is 192 g/mol. The molecule has 0 fully saturated rings. The zero-order chi connectivity index (χ0) is 9.68.